The van der Waals surface area contributed by atoms with Crippen LogP contribution in [-0.4, -0.2) is 27.3 Å². The van der Waals surface area contributed by atoms with Crippen molar-refractivity contribution in [3.8, 4) is 0 Å². The van der Waals surface area contributed by atoms with Crippen LogP contribution in [0.25, 0.3) is 10.9 Å². The smallest absolute Gasteiger partial charge is 0.271 e. The molecule has 0 radical (unpaired) electrons. The molecular formula is C19H14ClN5O3. The molecule has 1 aromatic heterocycles. The first kappa shape index (κ1) is 17.9. The average Bonchev–Trinajstić information content (AvgIpc) is 3.10. The number of anilines is 3. The van der Waals surface area contributed by atoms with E-state index in [-0.39, 0.29) is 11.6 Å². The van der Waals surface area contributed by atoms with Gasteiger partial charge in [0.25, 0.3) is 5.69 Å². The molecule has 1 aliphatic heterocycles. The molecule has 0 saturated carbocycles. The van der Waals surface area contributed by atoms with E-state index in [4.69, 9.17) is 11.6 Å². The highest BCUT2D eigenvalue weighted by molar-refractivity contribution is 6.27. The van der Waals surface area contributed by atoms with E-state index >= 15 is 0 Å². The van der Waals surface area contributed by atoms with E-state index in [1.165, 1.54) is 18.5 Å². The average molecular weight is 396 g/mol. The molecule has 4 rings (SSSR count). The van der Waals surface area contributed by atoms with Crippen molar-refractivity contribution in [2.24, 2.45) is 0 Å². The van der Waals surface area contributed by atoms with Gasteiger partial charge in [0.15, 0.2) is 0 Å². The second kappa shape index (κ2) is 7.24. The van der Waals surface area contributed by atoms with Crippen molar-refractivity contribution in [1.29, 1.82) is 0 Å². The SMILES string of the molecule is O=C(C=CCl)Nc1ccc2ncnc(N3CCc4ccc([N+](=O)[O-])cc43)c2c1. The number of amides is 1. The van der Waals surface area contributed by atoms with Crippen LogP contribution in [0.3, 0.4) is 0 Å². The summed E-state index contributed by atoms with van der Waals surface area (Å²) in [5.41, 5.74) is 4.23. The quantitative estimate of drug-likeness (QED) is 0.408. The van der Waals surface area contributed by atoms with Gasteiger partial charge in [-0.05, 0) is 30.2 Å². The number of hydrogen-bond donors (Lipinski definition) is 1. The number of nitro benzene ring substituents is 1. The summed E-state index contributed by atoms with van der Waals surface area (Å²) in [6.45, 7) is 0.647. The van der Waals surface area contributed by atoms with Crippen LogP contribution < -0.4 is 10.2 Å². The minimum absolute atomic E-state index is 0.0322. The Morgan fingerprint density at radius 2 is 2.11 bits per heavy atom. The van der Waals surface area contributed by atoms with E-state index in [9.17, 15) is 14.9 Å². The molecule has 1 aliphatic rings. The summed E-state index contributed by atoms with van der Waals surface area (Å²) in [7, 11) is 0. The lowest BCUT2D eigenvalue weighted by molar-refractivity contribution is -0.384. The number of aromatic nitrogens is 2. The molecule has 0 aliphatic carbocycles. The lowest BCUT2D eigenvalue weighted by Crippen LogP contribution is -2.16. The molecule has 1 amide bonds. The molecule has 2 aromatic carbocycles. The predicted octanol–water partition coefficient (Wildman–Crippen LogP) is 3.92. The van der Waals surface area contributed by atoms with E-state index in [0.29, 0.717) is 23.6 Å². The highest BCUT2D eigenvalue weighted by atomic mass is 35.5. The van der Waals surface area contributed by atoms with Gasteiger partial charge >= 0.3 is 0 Å². The summed E-state index contributed by atoms with van der Waals surface area (Å²) in [5, 5.41) is 14.6. The number of nitrogens with zero attached hydrogens (tertiary/aromatic N) is 4. The molecule has 9 heteroatoms. The molecule has 28 heavy (non-hydrogen) atoms. The maximum atomic E-state index is 11.8. The summed E-state index contributed by atoms with van der Waals surface area (Å²) in [4.78, 5) is 33.2. The van der Waals surface area contributed by atoms with Gasteiger partial charge in [0.1, 0.15) is 12.1 Å². The number of hydrogen-bond acceptors (Lipinski definition) is 6. The molecule has 3 aromatic rings. The molecule has 0 unspecified atom stereocenters. The fraction of sp³-hybridized carbons (Fsp3) is 0.105. The second-order valence-corrected chi connectivity index (χ2v) is 6.43. The van der Waals surface area contributed by atoms with Crippen molar-refractivity contribution in [2.45, 2.75) is 6.42 Å². The number of carbonyl (C=O) groups excluding carboxylic acids is 1. The Morgan fingerprint density at radius 3 is 2.89 bits per heavy atom. The molecule has 0 saturated heterocycles. The summed E-state index contributed by atoms with van der Waals surface area (Å²) in [6.07, 6.45) is 3.43. The Kier molecular flexibility index (Phi) is 4.62. The van der Waals surface area contributed by atoms with Crippen LogP contribution in [-0.2, 0) is 11.2 Å². The second-order valence-electron chi connectivity index (χ2n) is 6.18. The number of halogens is 1. The number of non-ortho nitro benzene ring substituents is 1. The van der Waals surface area contributed by atoms with Crippen LogP contribution in [0.2, 0.25) is 0 Å². The molecule has 8 nitrogen and oxygen atoms in total. The van der Waals surface area contributed by atoms with Gasteiger partial charge in [0, 0.05) is 41.4 Å². The van der Waals surface area contributed by atoms with Gasteiger partial charge in [-0.2, -0.15) is 0 Å². The van der Waals surface area contributed by atoms with Crippen molar-refractivity contribution < 1.29 is 9.72 Å². The van der Waals surface area contributed by atoms with Crippen LogP contribution in [0.4, 0.5) is 22.9 Å². The minimum Gasteiger partial charge on any atom is -0.325 e. The largest absolute Gasteiger partial charge is 0.325 e. The molecule has 0 atom stereocenters. The van der Waals surface area contributed by atoms with E-state index in [1.54, 1.807) is 30.3 Å². The first-order chi connectivity index (χ1) is 13.6. The zero-order valence-electron chi connectivity index (χ0n) is 14.5. The standard InChI is InChI=1S/C19H14ClN5O3/c20-7-5-18(26)23-13-2-4-16-15(9-13)19(22-11-21-16)24-8-6-12-1-3-14(25(27)28)10-17(12)24/h1-5,7,9-11H,6,8H2,(H,23,26). The maximum absolute atomic E-state index is 11.8. The number of benzene rings is 2. The molecular weight excluding hydrogens is 382 g/mol. The van der Waals surface area contributed by atoms with Gasteiger partial charge < -0.3 is 10.2 Å². The van der Waals surface area contributed by atoms with Crippen molar-refractivity contribution in [3.05, 3.63) is 70.0 Å². The zero-order valence-corrected chi connectivity index (χ0v) is 15.3. The van der Waals surface area contributed by atoms with Gasteiger partial charge in [0.2, 0.25) is 5.91 Å². The Balaban J connectivity index is 1.79. The molecule has 0 fully saturated rings. The molecule has 0 bridgehead atoms. The fourth-order valence-electron chi connectivity index (χ4n) is 3.28. The lowest BCUT2D eigenvalue weighted by atomic mass is 10.1. The third kappa shape index (κ3) is 3.25. The maximum Gasteiger partial charge on any atom is 0.271 e. The van der Waals surface area contributed by atoms with Crippen molar-refractivity contribution in [3.63, 3.8) is 0 Å². The van der Waals surface area contributed by atoms with E-state index in [0.717, 1.165) is 28.6 Å². The van der Waals surface area contributed by atoms with Gasteiger partial charge in [-0.25, -0.2) is 9.97 Å². The van der Waals surface area contributed by atoms with Gasteiger partial charge in [-0.3, -0.25) is 14.9 Å². The molecule has 2 heterocycles. The summed E-state index contributed by atoms with van der Waals surface area (Å²) >= 11 is 5.44. The fourth-order valence-corrected chi connectivity index (χ4v) is 3.39. The van der Waals surface area contributed by atoms with Crippen molar-refractivity contribution in [2.75, 3.05) is 16.8 Å². The molecule has 0 spiro atoms. The number of fused-ring (bicyclic) bond motifs is 2. The minimum atomic E-state index is -0.410. The topological polar surface area (TPSA) is 101 Å². The number of nitrogens with one attached hydrogen (secondary N) is 1. The van der Waals surface area contributed by atoms with Crippen LogP contribution >= 0.6 is 11.6 Å². The summed E-state index contributed by atoms with van der Waals surface area (Å²) < 4.78 is 0. The van der Waals surface area contributed by atoms with Gasteiger partial charge in [-0.1, -0.05) is 17.7 Å². The van der Waals surface area contributed by atoms with Crippen LogP contribution in [0.5, 0.6) is 0 Å². The Labute approximate surface area is 164 Å². The van der Waals surface area contributed by atoms with Crippen LogP contribution in [0.1, 0.15) is 5.56 Å². The first-order valence-electron chi connectivity index (χ1n) is 8.44. The van der Waals surface area contributed by atoms with Crippen molar-refractivity contribution >= 4 is 51.3 Å². The monoisotopic (exact) mass is 395 g/mol. The number of nitro groups is 1. The third-order valence-corrected chi connectivity index (χ3v) is 4.65. The molecule has 140 valence electrons. The Bertz CT molecular complexity index is 1130. The Hall–Kier alpha value is -3.52. The van der Waals surface area contributed by atoms with Gasteiger partial charge in [-0.15, -0.1) is 0 Å². The van der Waals surface area contributed by atoms with Crippen LogP contribution in [0.15, 0.2) is 54.3 Å². The van der Waals surface area contributed by atoms with Crippen LogP contribution in [0, 0.1) is 10.1 Å². The van der Waals surface area contributed by atoms with E-state index < -0.39 is 4.92 Å². The molecule has 1 N–H and O–H groups in total. The number of rotatable bonds is 4. The summed E-state index contributed by atoms with van der Waals surface area (Å²) in [6, 6.07) is 10.2. The predicted molar refractivity (Wildman–Crippen MR) is 107 cm³/mol. The lowest BCUT2D eigenvalue weighted by Gasteiger charge is -2.20. The highest BCUT2D eigenvalue weighted by Crippen LogP contribution is 2.38. The van der Waals surface area contributed by atoms with Crippen molar-refractivity contribution in [1.82, 2.24) is 9.97 Å². The highest BCUT2D eigenvalue weighted by Gasteiger charge is 2.25. The number of carbonyl (C=O) groups is 1. The summed E-state index contributed by atoms with van der Waals surface area (Å²) in [5.74, 6) is 0.281. The third-order valence-electron chi connectivity index (χ3n) is 4.53. The van der Waals surface area contributed by atoms with E-state index in [1.807, 2.05) is 4.90 Å². The Morgan fingerprint density at radius 1 is 1.25 bits per heavy atom. The zero-order chi connectivity index (χ0) is 19.7. The normalized spacial score (nSPS) is 13.1. The van der Waals surface area contributed by atoms with Gasteiger partial charge in [0.05, 0.1) is 16.1 Å². The first-order valence-corrected chi connectivity index (χ1v) is 8.88. The van der Waals surface area contributed by atoms with E-state index in [2.05, 4.69) is 15.3 Å².